The number of anilines is 1. The Morgan fingerprint density at radius 2 is 1.88 bits per heavy atom. The van der Waals surface area contributed by atoms with Gasteiger partial charge in [0.15, 0.2) is 0 Å². The molecule has 0 spiro atoms. The fourth-order valence-electron chi connectivity index (χ4n) is 1.51. The number of para-hydroxylation sites is 1. The molecule has 1 amide bonds. The van der Waals surface area contributed by atoms with E-state index in [9.17, 15) is 9.59 Å². The summed E-state index contributed by atoms with van der Waals surface area (Å²) in [6.07, 6.45) is 0.428. The van der Waals surface area contributed by atoms with Crippen LogP contribution in [0.2, 0.25) is 0 Å². The standard InChI is InChI=1S/C11H12N2O3/c14-10(8-6-9(8)11(15)16)13-12-7-4-2-1-3-5-7/h1-5,8-9,12H,6H2,(H,13,14)(H,15,16). The fourth-order valence-corrected chi connectivity index (χ4v) is 1.51. The van der Waals surface area contributed by atoms with E-state index in [0.29, 0.717) is 6.42 Å². The lowest BCUT2D eigenvalue weighted by Gasteiger charge is -2.07. The minimum absolute atomic E-state index is 0.267. The van der Waals surface area contributed by atoms with Gasteiger partial charge < -0.3 is 5.11 Å². The molecule has 3 N–H and O–H groups in total. The monoisotopic (exact) mass is 220 g/mol. The lowest BCUT2D eigenvalue weighted by molar-refractivity contribution is -0.140. The molecule has 2 atom stereocenters. The molecule has 0 aliphatic heterocycles. The molecule has 2 unspecified atom stereocenters. The van der Waals surface area contributed by atoms with E-state index in [0.717, 1.165) is 5.69 Å². The molecule has 1 aromatic carbocycles. The average Bonchev–Trinajstić information content (AvgIpc) is 3.07. The highest BCUT2D eigenvalue weighted by Crippen LogP contribution is 2.38. The summed E-state index contributed by atoms with van der Waals surface area (Å²) in [5.41, 5.74) is 5.99. The second-order valence-electron chi connectivity index (χ2n) is 3.77. The van der Waals surface area contributed by atoms with E-state index in [2.05, 4.69) is 10.9 Å². The molecule has 1 aliphatic carbocycles. The molecule has 0 radical (unpaired) electrons. The van der Waals surface area contributed by atoms with Gasteiger partial charge in [0.05, 0.1) is 17.5 Å². The van der Waals surface area contributed by atoms with Crippen molar-refractivity contribution in [3.05, 3.63) is 30.3 Å². The molecular formula is C11H12N2O3. The second kappa shape index (κ2) is 4.22. The highest BCUT2D eigenvalue weighted by molar-refractivity contribution is 5.89. The van der Waals surface area contributed by atoms with Gasteiger partial charge >= 0.3 is 5.97 Å². The summed E-state index contributed by atoms with van der Waals surface area (Å²) in [6, 6.07) is 9.16. The van der Waals surface area contributed by atoms with Crippen LogP contribution in [0.25, 0.3) is 0 Å². The molecule has 0 heterocycles. The molecule has 84 valence electrons. The minimum atomic E-state index is -0.903. The number of carboxylic acids is 1. The fraction of sp³-hybridized carbons (Fsp3) is 0.273. The van der Waals surface area contributed by atoms with E-state index in [-0.39, 0.29) is 5.91 Å². The zero-order valence-electron chi connectivity index (χ0n) is 8.51. The normalized spacial score (nSPS) is 22.2. The van der Waals surface area contributed by atoms with Crippen LogP contribution in [0.4, 0.5) is 5.69 Å². The maximum Gasteiger partial charge on any atom is 0.307 e. The third-order valence-corrected chi connectivity index (χ3v) is 2.55. The molecule has 16 heavy (non-hydrogen) atoms. The van der Waals surface area contributed by atoms with Gasteiger partial charge in [0.25, 0.3) is 0 Å². The summed E-state index contributed by atoms with van der Waals surface area (Å²) < 4.78 is 0. The van der Waals surface area contributed by atoms with Gasteiger partial charge in [-0.05, 0) is 18.6 Å². The number of aliphatic carboxylic acids is 1. The van der Waals surface area contributed by atoms with Gasteiger partial charge in [-0.15, -0.1) is 0 Å². The first-order chi connectivity index (χ1) is 7.68. The van der Waals surface area contributed by atoms with Crippen molar-refractivity contribution in [2.24, 2.45) is 11.8 Å². The molecule has 1 fully saturated rings. The molecule has 0 saturated heterocycles. The maximum atomic E-state index is 11.5. The van der Waals surface area contributed by atoms with E-state index in [1.165, 1.54) is 0 Å². The van der Waals surface area contributed by atoms with Crippen molar-refractivity contribution in [2.75, 3.05) is 5.43 Å². The summed E-state index contributed by atoms with van der Waals surface area (Å²) in [7, 11) is 0. The summed E-state index contributed by atoms with van der Waals surface area (Å²) in [5.74, 6) is -2.08. The molecular weight excluding hydrogens is 208 g/mol. The quantitative estimate of drug-likeness (QED) is 0.657. The smallest absolute Gasteiger partial charge is 0.307 e. The summed E-state index contributed by atoms with van der Waals surface area (Å²) in [5, 5.41) is 8.66. The number of amides is 1. The number of benzene rings is 1. The Labute approximate surface area is 92.4 Å². The number of rotatable bonds is 4. The Kier molecular flexibility index (Phi) is 2.76. The van der Waals surface area contributed by atoms with Crippen molar-refractivity contribution in [3.63, 3.8) is 0 Å². The van der Waals surface area contributed by atoms with Gasteiger partial charge in [-0.3, -0.25) is 20.4 Å². The van der Waals surface area contributed by atoms with Crippen LogP contribution in [0.15, 0.2) is 30.3 Å². The lowest BCUT2D eigenvalue weighted by atomic mass is 10.3. The van der Waals surface area contributed by atoms with Crippen LogP contribution < -0.4 is 10.9 Å². The molecule has 5 heteroatoms. The van der Waals surface area contributed by atoms with E-state index in [1.54, 1.807) is 0 Å². The highest BCUT2D eigenvalue weighted by Gasteiger charge is 2.48. The summed E-state index contributed by atoms with van der Waals surface area (Å²) in [6.45, 7) is 0. The second-order valence-corrected chi connectivity index (χ2v) is 3.77. The predicted molar refractivity (Wildman–Crippen MR) is 57.4 cm³/mol. The Hall–Kier alpha value is -2.04. The Balaban J connectivity index is 1.80. The van der Waals surface area contributed by atoms with Gasteiger partial charge in [0.2, 0.25) is 5.91 Å². The first kappa shape index (κ1) is 10.5. The number of carbonyl (C=O) groups is 2. The molecule has 1 aliphatic rings. The maximum absolute atomic E-state index is 11.5. The molecule has 1 aromatic rings. The van der Waals surface area contributed by atoms with E-state index < -0.39 is 17.8 Å². The van der Waals surface area contributed by atoms with Gasteiger partial charge in [0, 0.05) is 0 Å². The van der Waals surface area contributed by atoms with Crippen molar-refractivity contribution in [3.8, 4) is 0 Å². The summed E-state index contributed by atoms with van der Waals surface area (Å²) in [4.78, 5) is 22.0. The zero-order chi connectivity index (χ0) is 11.5. The molecule has 5 nitrogen and oxygen atoms in total. The lowest BCUT2D eigenvalue weighted by Crippen LogP contribution is -2.31. The van der Waals surface area contributed by atoms with Crippen LogP contribution >= 0.6 is 0 Å². The van der Waals surface area contributed by atoms with Crippen molar-refractivity contribution in [2.45, 2.75) is 6.42 Å². The first-order valence-corrected chi connectivity index (χ1v) is 5.02. The van der Waals surface area contributed by atoms with Crippen molar-refractivity contribution in [1.82, 2.24) is 5.43 Å². The third-order valence-electron chi connectivity index (χ3n) is 2.55. The molecule has 1 saturated carbocycles. The van der Waals surface area contributed by atoms with Gasteiger partial charge in [0.1, 0.15) is 0 Å². The van der Waals surface area contributed by atoms with Crippen LogP contribution in [-0.4, -0.2) is 17.0 Å². The number of hydrazine groups is 1. The van der Waals surface area contributed by atoms with Gasteiger partial charge in [-0.25, -0.2) is 0 Å². The minimum Gasteiger partial charge on any atom is -0.481 e. The number of carboxylic acid groups (broad SMARTS) is 1. The Bertz CT molecular complexity index is 405. The number of carbonyl (C=O) groups excluding carboxylic acids is 1. The predicted octanol–water partition coefficient (Wildman–Crippen LogP) is 0.850. The number of hydrogen-bond donors (Lipinski definition) is 3. The zero-order valence-corrected chi connectivity index (χ0v) is 8.51. The first-order valence-electron chi connectivity index (χ1n) is 5.02. The van der Waals surface area contributed by atoms with Crippen molar-refractivity contribution < 1.29 is 14.7 Å². The largest absolute Gasteiger partial charge is 0.481 e. The third kappa shape index (κ3) is 2.31. The van der Waals surface area contributed by atoms with E-state index >= 15 is 0 Å². The average molecular weight is 220 g/mol. The SMILES string of the molecule is O=C(O)C1CC1C(=O)NNc1ccccc1. The van der Waals surface area contributed by atoms with Crippen LogP contribution in [0.5, 0.6) is 0 Å². The summed E-state index contributed by atoms with van der Waals surface area (Å²) >= 11 is 0. The Morgan fingerprint density at radius 3 is 2.44 bits per heavy atom. The van der Waals surface area contributed by atoms with Crippen LogP contribution in [-0.2, 0) is 9.59 Å². The number of hydrogen-bond acceptors (Lipinski definition) is 3. The van der Waals surface area contributed by atoms with Crippen molar-refractivity contribution >= 4 is 17.6 Å². The number of nitrogens with one attached hydrogen (secondary N) is 2. The van der Waals surface area contributed by atoms with Crippen LogP contribution in [0.1, 0.15) is 6.42 Å². The van der Waals surface area contributed by atoms with Gasteiger partial charge in [-0.2, -0.15) is 0 Å². The Morgan fingerprint density at radius 1 is 1.19 bits per heavy atom. The van der Waals surface area contributed by atoms with Crippen molar-refractivity contribution in [1.29, 1.82) is 0 Å². The van der Waals surface area contributed by atoms with E-state index in [1.807, 2.05) is 30.3 Å². The van der Waals surface area contributed by atoms with Crippen LogP contribution in [0, 0.1) is 11.8 Å². The topological polar surface area (TPSA) is 78.4 Å². The van der Waals surface area contributed by atoms with Crippen LogP contribution in [0.3, 0.4) is 0 Å². The van der Waals surface area contributed by atoms with E-state index in [4.69, 9.17) is 5.11 Å². The highest BCUT2D eigenvalue weighted by atomic mass is 16.4. The molecule has 0 bridgehead atoms. The van der Waals surface area contributed by atoms with Gasteiger partial charge in [-0.1, -0.05) is 18.2 Å². The molecule has 0 aromatic heterocycles. The molecule has 2 rings (SSSR count).